The number of methoxy groups -OCH3 is 2. The Bertz CT molecular complexity index is 570. The molecule has 4 aliphatic heterocycles. The van der Waals surface area contributed by atoms with Crippen LogP contribution in [0.3, 0.4) is 0 Å². The summed E-state index contributed by atoms with van der Waals surface area (Å²) in [6, 6.07) is 0. The maximum absolute atomic E-state index is 12.0. The summed E-state index contributed by atoms with van der Waals surface area (Å²) in [5.41, 5.74) is -0.840. The molecule has 4 saturated heterocycles. The molecule has 28 heavy (non-hydrogen) atoms. The van der Waals surface area contributed by atoms with Gasteiger partial charge in [0, 0.05) is 40.6 Å². The standard InChI is InChI=1S/C20H32O8/c1-11(21)25-19-18-15(8-14-12(27-18)6-5-7-24-14)26-17-9-13(23-4)16(10-22-3)28-20(17,19)2/h12-19H,5-10H2,1-4H3/t12-,13-,14+,15-,16+,17+,18-,19-,20+/m0/s1. The fraction of sp³-hybridized carbons (Fsp3) is 0.950. The van der Waals surface area contributed by atoms with E-state index in [1.807, 2.05) is 6.92 Å². The SMILES string of the molecule is COC[C@H]1O[C@]2(C)[C@@H](C[C@@H]1OC)O[C@H]1C[C@H]3OCCC[C@@H]3O[C@@H]1[C@@H]2OC(C)=O. The molecule has 4 aliphatic rings. The van der Waals surface area contributed by atoms with Crippen molar-refractivity contribution in [2.45, 2.75) is 94.0 Å². The maximum Gasteiger partial charge on any atom is 0.303 e. The normalized spacial score (nSPS) is 48.1. The molecule has 9 atom stereocenters. The Morgan fingerprint density at radius 2 is 1.96 bits per heavy atom. The smallest absolute Gasteiger partial charge is 0.303 e. The van der Waals surface area contributed by atoms with E-state index in [-0.39, 0.29) is 48.7 Å². The number of esters is 1. The van der Waals surface area contributed by atoms with Crippen molar-refractivity contribution in [1.82, 2.24) is 0 Å². The highest BCUT2D eigenvalue weighted by Gasteiger charge is 2.63. The van der Waals surface area contributed by atoms with Crippen LogP contribution in [-0.2, 0) is 38.0 Å². The average Bonchev–Trinajstić information content (AvgIpc) is 2.67. The van der Waals surface area contributed by atoms with Crippen molar-refractivity contribution in [2.75, 3.05) is 27.4 Å². The maximum atomic E-state index is 12.0. The molecular weight excluding hydrogens is 368 g/mol. The zero-order chi connectivity index (χ0) is 19.9. The van der Waals surface area contributed by atoms with E-state index in [1.54, 1.807) is 14.2 Å². The third kappa shape index (κ3) is 3.59. The number of fused-ring (bicyclic) bond motifs is 3. The van der Waals surface area contributed by atoms with Crippen LogP contribution in [0, 0.1) is 0 Å². The number of ether oxygens (including phenoxy) is 7. The molecule has 0 aliphatic carbocycles. The highest BCUT2D eigenvalue weighted by Crippen LogP contribution is 2.46. The lowest BCUT2D eigenvalue weighted by Gasteiger charge is -2.58. The van der Waals surface area contributed by atoms with Crippen molar-refractivity contribution in [3.05, 3.63) is 0 Å². The van der Waals surface area contributed by atoms with Gasteiger partial charge >= 0.3 is 5.97 Å². The summed E-state index contributed by atoms with van der Waals surface area (Å²) in [6.45, 7) is 4.51. The van der Waals surface area contributed by atoms with Gasteiger partial charge in [-0.05, 0) is 19.8 Å². The number of carbonyl (C=O) groups excluding carboxylic acids is 1. The Kier molecular flexibility index (Phi) is 5.98. The Morgan fingerprint density at radius 3 is 2.68 bits per heavy atom. The van der Waals surface area contributed by atoms with Gasteiger partial charge < -0.3 is 33.2 Å². The molecule has 0 amide bonds. The number of hydrogen-bond donors (Lipinski definition) is 0. The highest BCUT2D eigenvalue weighted by molar-refractivity contribution is 5.66. The summed E-state index contributed by atoms with van der Waals surface area (Å²) in [5, 5.41) is 0. The third-order valence-corrected chi connectivity index (χ3v) is 6.58. The first-order valence-corrected chi connectivity index (χ1v) is 10.3. The molecule has 0 N–H and O–H groups in total. The Hall–Kier alpha value is -0.770. The van der Waals surface area contributed by atoms with Crippen LogP contribution in [0.1, 0.15) is 39.5 Å². The van der Waals surface area contributed by atoms with E-state index in [0.29, 0.717) is 13.0 Å². The van der Waals surface area contributed by atoms with Crippen LogP contribution in [0.4, 0.5) is 0 Å². The predicted octanol–water partition coefficient (Wildman–Crippen LogP) is 1.23. The van der Waals surface area contributed by atoms with Gasteiger partial charge in [-0.3, -0.25) is 4.79 Å². The first-order chi connectivity index (χ1) is 13.5. The molecular formula is C20H32O8. The number of carbonyl (C=O) groups is 1. The van der Waals surface area contributed by atoms with Gasteiger partial charge in [0.1, 0.15) is 17.8 Å². The lowest BCUT2D eigenvalue weighted by atomic mass is 9.76. The van der Waals surface area contributed by atoms with Crippen molar-refractivity contribution in [1.29, 1.82) is 0 Å². The van der Waals surface area contributed by atoms with Gasteiger partial charge in [-0.25, -0.2) is 0 Å². The Morgan fingerprint density at radius 1 is 1.14 bits per heavy atom. The van der Waals surface area contributed by atoms with E-state index < -0.39 is 11.7 Å². The summed E-state index contributed by atoms with van der Waals surface area (Å²) in [5.74, 6) is -0.350. The van der Waals surface area contributed by atoms with Crippen LogP contribution >= 0.6 is 0 Å². The second kappa shape index (κ2) is 8.16. The molecule has 0 spiro atoms. The second-order valence-electron chi connectivity index (χ2n) is 8.42. The zero-order valence-electron chi connectivity index (χ0n) is 17.1. The van der Waals surface area contributed by atoms with Crippen LogP contribution < -0.4 is 0 Å². The molecule has 0 aromatic heterocycles. The Balaban J connectivity index is 1.62. The molecule has 4 heterocycles. The Labute approximate surface area is 166 Å². The largest absolute Gasteiger partial charge is 0.456 e. The third-order valence-electron chi connectivity index (χ3n) is 6.58. The molecule has 0 radical (unpaired) electrons. The highest BCUT2D eigenvalue weighted by atomic mass is 16.7. The zero-order valence-corrected chi connectivity index (χ0v) is 17.1. The minimum Gasteiger partial charge on any atom is -0.456 e. The molecule has 0 bridgehead atoms. The van der Waals surface area contributed by atoms with Gasteiger partial charge in [0.05, 0.1) is 37.1 Å². The summed E-state index contributed by atoms with van der Waals surface area (Å²) >= 11 is 0. The molecule has 4 fully saturated rings. The monoisotopic (exact) mass is 400 g/mol. The summed E-state index contributed by atoms with van der Waals surface area (Å²) in [6.07, 6.45) is 1.46. The van der Waals surface area contributed by atoms with Gasteiger partial charge in [0.2, 0.25) is 0 Å². The van der Waals surface area contributed by atoms with Crippen LogP contribution in [-0.4, -0.2) is 87.8 Å². The molecule has 0 unspecified atom stereocenters. The summed E-state index contributed by atoms with van der Waals surface area (Å²) < 4.78 is 42.0. The van der Waals surface area contributed by atoms with Crippen molar-refractivity contribution < 1.29 is 38.0 Å². The number of hydrogen-bond acceptors (Lipinski definition) is 8. The van der Waals surface area contributed by atoms with Crippen LogP contribution in [0.15, 0.2) is 0 Å². The van der Waals surface area contributed by atoms with Crippen LogP contribution in [0.2, 0.25) is 0 Å². The minimum atomic E-state index is -0.840. The first-order valence-electron chi connectivity index (χ1n) is 10.3. The van der Waals surface area contributed by atoms with Gasteiger partial charge in [-0.2, -0.15) is 0 Å². The van der Waals surface area contributed by atoms with E-state index in [1.165, 1.54) is 6.92 Å². The molecule has 4 rings (SSSR count). The fourth-order valence-electron chi connectivity index (χ4n) is 5.21. The van der Waals surface area contributed by atoms with Gasteiger partial charge in [-0.1, -0.05) is 0 Å². The molecule has 0 saturated carbocycles. The second-order valence-corrected chi connectivity index (χ2v) is 8.42. The lowest BCUT2D eigenvalue weighted by Crippen LogP contribution is -2.73. The average molecular weight is 400 g/mol. The van der Waals surface area contributed by atoms with E-state index >= 15 is 0 Å². The predicted molar refractivity (Wildman–Crippen MR) is 97.0 cm³/mol. The fourth-order valence-corrected chi connectivity index (χ4v) is 5.21. The van der Waals surface area contributed by atoms with Crippen molar-refractivity contribution >= 4 is 5.97 Å². The molecule has 0 aromatic rings. The molecule has 0 aromatic carbocycles. The molecule has 160 valence electrons. The van der Waals surface area contributed by atoms with Crippen molar-refractivity contribution in [2.24, 2.45) is 0 Å². The van der Waals surface area contributed by atoms with Gasteiger partial charge in [-0.15, -0.1) is 0 Å². The lowest BCUT2D eigenvalue weighted by molar-refractivity contribution is -0.356. The van der Waals surface area contributed by atoms with Crippen LogP contribution in [0.5, 0.6) is 0 Å². The number of rotatable bonds is 4. The van der Waals surface area contributed by atoms with Crippen molar-refractivity contribution in [3.63, 3.8) is 0 Å². The van der Waals surface area contributed by atoms with Gasteiger partial charge in [0.15, 0.2) is 6.10 Å². The van der Waals surface area contributed by atoms with E-state index in [4.69, 9.17) is 33.2 Å². The van der Waals surface area contributed by atoms with E-state index in [9.17, 15) is 4.79 Å². The van der Waals surface area contributed by atoms with E-state index in [0.717, 1.165) is 25.9 Å². The summed E-state index contributed by atoms with van der Waals surface area (Å²) in [4.78, 5) is 12.0. The minimum absolute atomic E-state index is 0.00175. The van der Waals surface area contributed by atoms with E-state index in [2.05, 4.69) is 0 Å². The van der Waals surface area contributed by atoms with Crippen molar-refractivity contribution in [3.8, 4) is 0 Å². The van der Waals surface area contributed by atoms with Crippen LogP contribution in [0.25, 0.3) is 0 Å². The quantitative estimate of drug-likeness (QED) is 0.652. The first kappa shape index (κ1) is 20.5. The summed E-state index contributed by atoms with van der Waals surface area (Å²) in [7, 11) is 3.30. The van der Waals surface area contributed by atoms with Gasteiger partial charge in [0.25, 0.3) is 0 Å². The molecule has 8 heteroatoms. The topological polar surface area (TPSA) is 81.7 Å². The molecule has 8 nitrogen and oxygen atoms in total.